The Morgan fingerprint density at radius 2 is 1.25 bits per heavy atom. The largest absolute Gasteiger partial charge is 0.522 e. The molecule has 0 aromatic rings. The van der Waals surface area contributed by atoms with E-state index in [9.17, 15) is 35.9 Å². The van der Waals surface area contributed by atoms with Crippen molar-refractivity contribution in [2.24, 2.45) is 0 Å². The van der Waals surface area contributed by atoms with E-state index in [4.69, 9.17) is 9.47 Å². The van der Waals surface area contributed by atoms with Crippen LogP contribution in [0.3, 0.4) is 0 Å². The maximum absolute atomic E-state index is 12.0. The fraction of sp³-hybridized carbons (Fsp3) is 0.778. The first-order valence-electron chi connectivity index (χ1n) is 9.87. The summed E-state index contributed by atoms with van der Waals surface area (Å²) >= 11 is 0. The highest BCUT2D eigenvalue weighted by Gasteiger charge is 2.41. The third kappa shape index (κ3) is 8.22. The molecule has 0 spiro atoms. The van der Waals surface area contributed by atoms with Crippen LogP contribution in [0.25, 0.3) is 0 Å². The molecule has 1 atom stereocenters. The van der Waals surface area contributed by atoms with Gasteiger partial charge in [-0.15, -0.1) is 26.3 Å². The average Bonchev–Trinajstić information content (AvgIpc) is 2.54. The topological polar surface area (TPSA) is 95.1 Å². The lowest BCUT2D eigenvalue weighted by molar-refractivity contribution is -0.358. The summed E-state index contributed by atoms with van der Waals surface area (Å²) in [6.07, 6.45) is -10.0. The lowest BCUT2D eigenvalue weighted by Crippen LogP contribution is -2.46. The van der Waals surface area contributed by atoms with Gasteiger partial charge >= 0.3 is 12.7 Å². The van der Waals surface area contributed by atoms with E-state index in [2.05, 4.69) is 20.1 Å². The predicted octanol–water partition coefficient (Wildman–Crippen LogP) is 2.04. The van der Waals surface area contributed by atoms with Gasteiger partial charge in [0, 0.05) is 37.8 Å². The summed E-state index contributed by atoms with van der Waals surface area (Å²) < 4.78 is 90.2. The van der Waals surface area contributed by atoms with Crippen molar-refractivity contribution in [3.05, 3.63) is 11.8 Å². The number of carbonyl (C=O) groups excluding carboxylic acids is 2. The Morgan fingerprint density at radius 1 is 0.812 bits per heavy atom. The maximum Gasteiger partial charge on any atom is 0.522 e. The zero-order valence-corrected chi connectivity index (χ0v) is 16.6. The Morgan fingerprint density at radius 3 is 1.69 bits per heavy atom. The zero-order chi connectivity index (χ0) is 23.5. The van der Waals surface area contributed by atoms with Crippen LogP contribution in [-0.2, 0) is 28.5 Å². The van der Waals surface area contributed by atoms with Crippen LogP contribution in [0, 0.1) is 0 Å². The Balaban J connectivity index is 1.20. The van der Waals surface area contributed by atoms with Crippen LogP contribution in [0.2, 0.25) is 0 Å². The highest BCUT2D eigenvalue weighted by molar-refractivity contribution is 5.80. The molecule has 0 radical (unpaired) electrons. The third-order valence-corrected chi connectivity index (χ3v) is 5.09. The minimum Gasteiger partial charge on any atom is -0.368 e. The molecule has 3 rings (SSSR count). The fourth-order valence-electron chi connectivity index (χ4n) is 3.36. The van der Waals surface area contributed by atoms with Gasteiger partial charge in [0.15, 0.2) is 0 Å². The molecule has 2 saturated carbocycles. The molecular weight excluding hydrogens is 454 g/mol. The highest BCUT2D eigenvalue weighted by Crippen LogP contribution is 2.33. The van der Waals surface area contributed by atoms with Gasteiger partial charge in [-0.1, -0.05) is 0 Å². The van der Waals surface area contributed by atoms with E-state index in [-0.39, 0.29) is 44.9 Å². The van der Waals surface area contributed by atoms with Crippen molar-refractivity contribution in [3.63, 3.8) is 0 Å². The van der Waals surface area contributed by atoms with Crippen LogP contribution in [0.5, 0.6) is 0 Å². The molecule has 3 aliphatic rings. The van der Waals surface area contributed by atoms with E-state index < -0.39 is 49.0 Å². The lowest BCUT2D eigenvalue weighted by Gasteiger charge is -2.35. The van der Waals surface area contributed by atoms with Crippen molar-refractivity contribution in [2.75, 3.05) is 13.2 Å². The number of alkyl halides is 6. The quantitative estimate of drug-likeness (QED) is 0.469. The standard InChI is InChI=1S/C18H22F6N2O6/c19-17(20,21)31-13-3-11(4-13)29-7-15(27)25-9-1-10(2-9)26-16(28)8-30-12-5-14(6-12)32-18(22,23)24/h1,9,11-14H,2-8H2,(H,25,27)(H,26,28). The van der Waals surface area contributed by atoms with E-state index in [1.165, 1.54) is 0 Å². The first kappa shape index (κ1) is 24.7. The molecule has 0 saturated heterocycles. The normalized spacial score (nSPS) is 29.8. The Bertz CT molecular complexity index is 716. The number of hydrogen-bond acceptors (Lipinski definition) is 6. The second-order valence-electron chi connectivity index (χ2n) is 7.80. The minimum absolute atomic E-state index is 0.0581. The first-order valence-corrected chi connectivity index (χ1v) is 9.87. The van der Waals surface area contributed by atoms with E-state index in [0.717, 1.165) is 0 Å². The van der Waals surface area contributed by atoms with Crippen LogP contribution in [0.1, 0.15) is 32.1 Å². The molecule has 0 bridgehead atoms. The highest BCUT2D eigenvalue weighted by atomic mass is 19.4. The molecule has 0 aromatic carbocycles. The average molecular weight is 476 g/mol. The molecule has 2 amide bonds. The van der Waals surface area contributed by atoms with Crippen LogP contribution in [0.4, 0.5) is 26.3 Å². The molecule has 2 N–H and O–H groups in total. The van der Waals surface area contributed by atoms with E-state index in [0.29, 0.717) is 12.1 Å². The molecule has 8 nitrogen and oxygen atoms in total. The van der Waals surface area contributed by atoms with Gasteiger partial charge in [-0.2, -0.15) is 0 Å². The van der Waals surface area contributed by atoms with Gasteiger partial charge in [0.2, 0.25) is 11.8 Å². The van der Waals surface area contributed by atoms with Gasteiger partial charge in [0.05, 0.1) is 30.5 Å². The molecule has 0 heterocycles. The third-order valence-electron chi connectivity index (χ3n) is 5.09. The number of nitrogens with one attached hydrogen (secondary N) is 2. The van der Waals surface area contributed by atoms with Crippen molar-refractivity contribution in [2.45, 2.75) is 75.3 Å². The van der Waals surface area contributed by atoms with E-state index in [1.54, 1.807) is 6.08 Å². The Kier molecular flexibility index (Phi) is 7.68. The molecule has 14 heteroatoms. The second-order valence-corrected chi connectivity index (χ2v) is 7.80. The van der Waals surface area contributed by atoms with E-state index >= 15 is 0 Å². The summed E-state index contributed by atoms with van der Waals surface area (Å²) in [5.74, 6) is -0.911. The van der Waals surface area contributed by atoms with Gasteiger partial charge in [0.25, 0.3) is 0 Å². The molecule has 1 unspecified atom stereocenters. The zero-order valence-electron chi connectivity index (χ0n) is 16.6. The molecule has 32 heavy (non-hydrogen) atoms. The van der Waals surface area contributed by atoms with Gasteiger partial charge < -0.3 is 20.1 Å². The predicted molar refractivity (Wildman–Crippen MR) is 92.6 cm³/mol. The van der Waals surface area contributed by atoms with Crippen molar-refractivity contribution in [1.29, 1.82) is 0 Å². The van der Waals surface area contributed by atoms with Crippen LogP contribution in [-0.4, -0.2) is 68.2 Å². The smallest absolute Gasteiger partial charge is 0.368 e. The summed E-state index contributed by atoms with van der Waals surface area (Å²) in [4.78, 5) is 23.6. The number of ether oxygens (including phenoxy) is 4. The Hall–Kier alpha value is -1.90. The van der Waals surface area contributed by atoms with Crippen molar-refractivity contribution < 1.29 is 54.9 Å². The van der Waals surface area contributed by atoms with Crippen LogP contribution >= 0.6 is 0 Å². The van der Waals surface area contributed by atoms with Gasteiger partial charge in [0.1, 0.15) is 13.2 Å². The lowest BCUT2D eigenvalue weighted by atomic mass is 9.92. The fourth-order valence-corrected chi connectivity index (χ4v) is 3.36. The van der Waals surface area contributed by atoms with Gasteiger partial charge in [-0.3, -0.25) is 19.1 Å². The monoisotopic (exact) mass is 476 g/mol. The summed E-state index contributed by atoms with van der Waals surface area (Å²) in [5.41, 5.74) is 0.558. The number of hydrogen-bond donors (Lipinski definition) is 2. The molecule has 3 aliphatic carbocycles. The molecule has 2 fully saturated rings. The summed E-state index contributed by atoms with van der Waals surface area (Å²) in [6, 6.07) is -0.322. The molecule has 0 aliphatic heterocycles. The number of amides is 2. The number of halogens is 6. The van der Waals surface area contributed by atoms with Crippen molar-refractivity contribution >= 4 is 11.8 Å². The SMILES string of the molecule is O=C(COC1CC(OC(F)(F)F)C1)NC1=CC(NC(=O)COC2CC(OC(F)(F)F)C2)C1. The molecular formula is C18H22F6N2O6. The first-order chi connectivity index (χ1) is 14.8. The second kappa shape index (κ2) is 9.93. The van der Waals surface area contributed by atoms with Gasteiger partial charge in [-0.05, 0) is 6.08 Å². The summed E-state index contributed by atoms with van der Waals surface area (Å²) in [6.45, 7) is -0.615. The minimum atomic E-state index is -4.69. The van der Waals surface area contributed by atoms with Crippen LogP contribution in [0.15, 0.2) is 11.8 Å². The number of rotatable bonds is 10. The summed E-state index contributed by atoms with van der Waals surface area (Å²) in [7, 11) is 0. The van der Waals surface area contributed by atoms with Gasteiger partial charge in [-0.25, -0.2) is 0 Å². The maximum atomic E-state index is 12.0. The summed E-state index contributed by atoms with van der Waals surface area (Å²) in [5, 5.41) is 5.19. The van der Waals surface area contributed by atoms with Crippen molar-refractivity contribution in [3.8, 4) is 0 Å². The molecule has 0 aromatic heterocycles. The van der Waals surface area contributed by atoms with Crippen molar-refractivity contribution in [1.82, 2.24) is 10.6 Å². The Labute approximate surface area is 178 Å². The van der Waals surface area contributed by atoms with E-state index in [1.807, 2.05) is 0 Å². The number of carbonyl (C=O) groups is 2. The molecule has 182 valence electrons. The van der Waals surface area contributed by atoms with Crippen LogP contribution < -0.4 is 10.6 Å².